The minimum atomic E-state index is -0.632. The minimum absolute atomic E-state index is 0.0843. The topological polar surface area (TPSA) is 58.6 Å². The first-order chi connectivity index (χ1) is 17.0. The Balaban J connectivity index is 1.83. The maximum Gasteiger partial charge on any atom is 0.243 e. The van der Waals surface area contributed by atoms with Crippen molar-refractivity contribution in [2.75, 3.05) is 19.4 Å². The molecule has 0 aliphatic rings. The average molecular weight is 511 g/mol. The Kier molecular flexibility index (Phi) is 10.5. The van der Waals surface area contributed by atoms with Crippen molar-refractivity contribution in [3.8, 4) is 5.75 Å². The Morgan fingerprint density at radius 3 is 2.37 bits per heavy atom. The van der Waals surface area contributed by atoms with Crippen LogP contribution in [0.15, 0.2) is 78.9 Å². The number of carbonyl (C=O) groups is 2. The molecule has 184 valence electrons. The van der Waals surface area contributed by atoms with Gasteiger partial charge in [-0.15, -0.1) is 11.8 Å². The third-order valence-electron chi connectivity index (χ3n) is 5.52. The van der Waals surface area contributed by atoms with Crippen LogP contribution in [0, 0.1) is 0 Å². The molecule has 1 N–H and O–H groups in total. The summed E-state index contributed by atoms with van der Waals surface area (Å²) in [5.74, 6) is 1.41. The first-order valence-electron chi connectivity index (χ1n) is 11.6. The van der Waals surface area contributed by atoms with Crippen molar-refractivity contribution in [1.29, 1.82) is 0 Å². The van der Waals surface area contributed by atoms with Crippen LogP contribution in [0.4, 0.5) is 0 Å². The predicted molar refractivity (Wildman–Crippen MR) is 144 cm³/mol. The first kappa shape index (κ1) is 26.6. The first-order valence-corrected chi connectivity index (χ1v) is 13.1. The summed E-state index contributed by atoms with van der Waals surface area (Å²) in [5, 5.41) is 3.61. The molecule has 3 aromatic carbocycles. The smallest absolute Gasteiger partial charge is 0.243 e. The van der Waals surface area contributed by atoms with E-state index in [4.69, 9.17) is 16.3 Å². The number of benzene rings is 3. The van der Waals surface area contributed by atoms with Gasteiger partial charge in [0.2, 0.25) is 11.8 Å². The maximum absolute atomic E-state index is 13.6. The number of hydrogen-bond acceptors (Lipinski definition) is 4. The third-order valence-corrected chi connectivity index (χ3v) is 6.76. The van der Waals surface area contributed by atoms with Crippen LogP contribution in [0.3, 0.4) is 0 Å². The van der Waals surface area contributed by atoms with E-state index in [1.54, 1.807) is 12.0 Å². The van der Waals surface area contributed by atoms with E-state index in [2.05, 4.69) is 5.32 Å². The van der Waals surface area contributed by atoms with Gasteiger partial charge in [0.1, 0.15) is 11.8 Å². The molecule has 0 saturated heterocycles. The molecule has 0 aromatic heterocycles. The van der Waals surface area contributed by atoms with Gasteiger partial charge in [-0.2, -0.15) is 0 Å². The van der Waals surface area contributed by atoms with Gasteiger partial charge in [-0.1, -0.05) is 66.2 Å². The summed E-state index contributed by atoms with van der Waals surface area (Å²) in [6, 6.07) is 24.4. The summed E-state index contributed by atoms with van der Waals surface area (Å²) in [4.78, 5) is 28.4. The number of nitrogens with zero attached hydrogens (tertiary/aromatic N) is 1. The normalized spacial score (nSPS) is 11.5. The fraction of sp³-hybridized carbons (Fsp3) is 0.286. The number of halogens is 1. The van der Waals surface area contributed by atoms with E-state index in [9.17, 15) is 9.59 Å². The molecule has 3 rings (SSSR count). The number of thioether (sulfide) groups is 1. The molecule has 0 saturated carbocycles. The van der Waals surface area contributed by atoms with Crippen molar-refractivity contribution in [3.63, 3.8) is 0 Å². The Labute approximate surface area is 216 Å². The van der Waals surface area contributed by atoms with Crippen LogP contribution < -0.4 is 10.1 Å². The molecule has 0 heterocycles. The number of carbonyl (C=O) groups excluding carboxylic acids is 2. The van der Waals surface area contributed by atoms with Gasteiger partial charge in [0, 0.05) is 30.3 Å². The Hall–Kier alpha value is -2.96. The van der Waals surface area contributed by atoms with Crippen molar-refractivity contribution in [2.45, 2.75) is 31.7 Å². The standard InChI is InChI=1S/C28H31ClN2O3S/c1-3-30-28(33)26(17-21-8-5-4-6-9-21)31(18-23-10-7-11-25(16-23)34-2)27(32)20-35-19-22-12-14-24(29)15-13-22/h4-16,26H,3,17-20H2,1-2H3,(H,30,33). The van der Waals surface area contributed by atoms with Gasteiger partial charge in [-0.3, -0.25) is 9.59 Å². The van der Waals surface area contributed by atoms with E-state index in [1.165, 1.54) is 11.8 Å². The summed E-state index contributed by atoms with van der Waals surface area (Å²) in [7, 11) is 1.61. The van der Waals surface area contributed by atoms with Crippen LogP contribution in [-0.4, -0.2) is 42.2 Å². The zero-order chi connectivity index (χ0) is 25.0. The van der Waals surface area contributed by atoms with E-state index in [0.717, 1.165) is 16.7 Å². The van der Waals surface area contributed by atoms with Gasteiger partial charge in [0.15, 0.2) is 0 Å². The highest BCUT2D eigenvalue weighted by atomic mass is 35.5. The fourth-order valence-corrected chi connectivity index (χ4v) is 4.73. The largest absolute Gasteiger partial charge is 0.497 e. The Morgan fingerprint density at radius 1 is 0.971 bits per heavy atom. The van der Waals surface area contributed by atoms with Crippen molar-refractivity contribution in [3.05, 3.63) is 101 Å². The third kappa shape index (κ3) is 8.34. The monoisotopic (exact) mass is 510 g/mol. The number of likely N-dealkylation sites (N-methyl/N-ethyl adjacent to an activating group) is 1. The van der Waals surface area contributed by atoms with Gasteiger partial charge < -0.3 is 15.0 Å². The van der Waals surface area contributed by atoms with Crippen molar-refractivity contribution in [2.24, 2.45) is 0 Å². The van der Waals surface area contributed by atoms with Gasteiger partial charge in [0.25, 0.3) is 0 Å². The zero-order valence-corrected chi connectivity index (χ0v) is 21.6. The summed E-state index contributed by atoms with van der Waals surface area (Å²) in [6.07, 6.45) is 0.435. The van der Waals surface area contributed by atoms with Crippen LogP contribution in [-0.2, 0) is 28.3 Å². The molecule has 7 heteroatoms. The molecule has 0 aliphatic carbocycles. The van der Waals surface area contributed by atoms with Crippen molar-refractivity contribution < 1.29 is 14.3 Å². The molecule has 2 amide bonds. The fourth-order valence-electron chi connectivity index (χ4n) is 3.73. The zero-order valence-electron chi connectivity index (χ0n) is 20.1. The molecule has 1 atom stereocenters. The van der Waals surface area contributed by atoms with E-state index >= 15 is 0 Å². The van der Waals surface area contributed by atoms with E-state index in [-0.39, 0.29) is 17.6 Å². The number of hydrogen-bond donors (Lipinski definition) is 1. The highest BCUT2D eigenvalue weighted by Gasteiger charge is 2.30. The van der Waals surface area contributed by atoms with E-state index in [0.29, 0.717) is 36.0 Å². The second-order valence-corrected chi connectivity index (χ2v) is 9.51. The van der Waals surface area contributed by atoms with Crippen LogP contribution in [0.25, 0.3) is 0 Å². The Morgan fingerprint density at radius 2 is 1.69 bits per heavy atom. The molecule has 0 fully saturated rings. The summed E-state index contributed by atoms with van der Waals surface area (Å²) in [5.41, 5.74) is 3.00. The maximum atomic E-state index is 13.6. The SMILES string of the molecule is CCNC(=O)C(Cc1ccccc1)N(Cc1cccc(OC)c1)C(=O)CSCc1ccc(Cl)cc1. The number of ether oxygens (including phenoxy) is 1. The lowest BCUT2D eigenvalue weighted by Gasteiger charge is -2.31. The molecule has 3 aromatic rings. The van der Waals surface area contributed by atoms with Gasteiger partial charge in [-0.25, -0.2) is 0 Å². The summed E-state index contributed by atoms with van der Waals surface area (Å²) < 4.78 is 5.37. The molecule has 0 radical (unpaired) electrons. The molecular formula is C28H31ClN2O3S. The van der Waals surface area contributed by atoms with Gasteiger partial charge in [0.05, 0.1) is 12.9 Å². The Bertz CT molecular complexity index is 1090. The highest BCUT2D eigenvalue weighted by Crippen LogP contribution is 2.21. The van der Waals surface area contributed by atoms with Crippen LogP contribution in [0.1, 0.15) is 23.6 Å². The summed E-state index contributed by atoms with van der Waals surface area (Å²) in [6.45, 7) is 2.69. The number of rotatable bonds is 12. The van der Waals surface area contributed by atoms with Crippen molar-refractivity contribution in [1.82, 2.24) is 10.2 Å². The van der Waals surface area contributed by atoms with E-state index in [1.807, 2.05) is 85.8 Å². The molecule has 5 nitrogen and oxygen atoms in total. The quantitative estimate of drug-likeness (QED) is 0.356. The molecule has 1 unspecified atom stereocenters. The van der Waals surface area contributed by atoms with E-state index < -0.39 is 6.04 Å². The second-order valence-electron chi connectivity index (χ2n) is 8.09. The van der Waals surface area contributed by atoms with Crippen LogP contribution in [0.5, 0.6) is 5.75 Å². The molecule has 0 bridgehead atoms. The molecule has 0 aliphatic heterocycles. The van der Waals surface area contributed by atoms with Crippen molar-refractivity contribution >= 4 is 35.2 Å². The minimum Gasteiger partial charge on any atom is -0.497 e. The average Bonchev–Trinajstić information content (AvgIpc) is 2.88. The summed E-state index contributed by atoms with van der Waals surface area (Å²) >= 11 is 7.50. The van der Waals surface area contributed by atoms with Crippen LogP contribution >= 0.6 is 23.4 Å². The van der Waals surface area contributed by atoms with Gasteiger partial charge in [-0.05, 0) is 47.9 Å². The molecule has 35 heavy (non-hydrogen) atoms. The molecular weight excluding hydrogens is 480 g/mol. The lowest BCUT2D eigenvalue weighted by atomic mass is 10.0. The number of amides is 2. The highest BCUT2D eigenvalue weighted by molar-refractivity contribution is 7.99. The lowest BCUT2D eigenvalue weighted by Crippen LogP contribution is -2.51. The number of methoxy groups -OCH3 is 1. The van der Waals surface area contributed by atoms with Crippen LogP contribution in [0.2, 0.25) is 5.02 Å². The number of nitrogens with one attached hydrogen (secondary N) is 1. The molecule has 0 spiro atoms. The lowest BCUT2D eigenvalue weighted by molar-refractivity contribution is -0.139. The predicted octanol–water partition coefficient (Wildman–Crippen LogP) is 5.36. The second kappa shape index (κ2) is 13.8. The van der Waals surface area contributed by atoms with Gasteiger partial charge >= 0.3 is 0 Å².